The van der Waals surface area contributed by atoms with Crippen LogP contribution in [0.15, 0.2) is 30.6 Å². The van der Waals surface area contributed by atoms with E-state index in [1.54, 1.807) is 24.0 Å². The van der Waals surface area contributed by atoms with Crippen molar-refractivity contribution in [3.63, 3.8) is 0 Å². The summed E-state index contributed by atoms with van der Waals surface area (Å²) < 4.78 is 12.5. The lowest BCUT2D eigenvalue weighted by molar-refractivity contribution is -0.384. The highest BCUT2D eigenvalue weighted by Gasteiger charge is 2.28. The van der Waals surface area contributed by atoms with E-state index in [4.69, 9.17) is 15.2 Å². The molecule has 0 bridgehead atoms. The van der Waals surface area contributed by atoms with E-state index in [1.807, 2.05) is 0 Å². The van der Waals surface area contributed by atoms with Crippen molar-refractivity contribution in [2.45, 2.75) is 51.7 Å². The van der Waals surface area contributed by atoms with Gasteiger partial charge in [0.15, 0.2) is 17.6 Å². The number of benzene rings is 1. The molecule has 0 saturated carbocycles. The van der Waals surface area contributed by atoms with Gasteiger partial charge in [0.05, 0.1) is 17.9 Å². The topological polar surface area (TPSA) is 221 Å². The number of anilines is 1. The number of aliphatic hydroxyl groups excluding tert-OH is 2. The number of non-ortho nitro benzene ring substituents is 1. The molecule has 2 aromatic heterocycles. The number of nitro groups is 1. The van der Waals surface area contributed by atoms with Crippen LogP contribution in [0.3, 0.4) is 0 Å². The molecule has 1 saturated heterocycles. The minimum absolute atomic E-state index is 0.0181. The number of aliphatic hydroxyl groups is 2. The van der Waals surface area contributed by atoms with Crippen LogP contribution < -0.4 is 11.1 Å². The number of imidazole rings is 1. The molecule has 16 heteroatoms. The molecule has 1 aromatic carbocycles. The average Bonchev–Trinajstić information content (AvgIpc) is 3.40. The van der Waals surface area contributed by atoms with Crippen LogP contribution in [0.2, 0.25) is 0 Å². The second-order valence-electron chi connectivity index (χ2n) is 9.89. The number of nitrogens with one attached hydrogen (secondary N) is 1. The lowest BCUT2D eigenvalue weighted by atomic mass is 9.93. The lowest BCUT2D eigenvalue weighted by Crippen LogP contribution is -2.45. The molecule has 4 rings (SSSR count). The number of likely N-dealkylation sites (N-methyl/N-ethyl adjacent to an activating group) is 1. The Morgan fingerprint density at radius 3 is 2.60 bits per heavy atom. The number of rotatable bonds is 12. The second kappa shape index (κ2) is 14.0. The zero-order chi connectivity index (χ0) is 30.2. The third-order valence-corrected chi connectivity index (χ3v) is 6.93. The van der Waals surface area contributed by atoms with Crippen molar-refractivity contribution >= 4 is 34.7 Å². The maximum Gasteiger partial charge on any atom is 0.410 e. The number of likely N-dealkylation sites (tertiary alicyclic amines) is 1. The largest absolute Gasteiger partial charge is 0.445 e. The molecule has 5 N–H and O–H groups in total. The van der Waals surface area contributed by atoms with E-state index in [-0.39, 0.29) is 30.8 Å². The van der Waals surface area contributed by atoms with Crippen molar-refractivity contribution in [2.75, 3.05) is 32.0 Å². The zero-order valence-electron chi connectivity index (χ0n) is 23.1. The van der Waals surface area contributed by atoms with E-state index in [1.165, 1.54) is 23.0 Å². The number of nitro benzene ring substituents is 1. The van der Waals surface area contributed by atoms with Crippen LogP contribution in [0.5, 0.6) is 0 Å². The van der Waals surface area contributed by atoms with Gasteiger partial charge >= 0.3 is 6.09 Å². The molecule has 2 amide bonds. The fourth-order valence-corrected chi connectivity index (χ4v) is 4.62. The fraction of sp³-hybridized carbons (Fsp3) is 0.500. The highest BCUT2D eigenvalue weighted by atomic mass is 16.6. The molecule has 226 valence electrons. The maximum absolute atomic E-state index is 12.5. The maximum atomic E-state index is 12.5. The molecule has 16 nitrogen and oxygen atoms in total. The van der Waals surface area contributed by atoms with Crippen LogP contribution in [0, 0.1) is 16.0 Å². The number of hydrogen-bond donors (Lipinski definition) is 4. The summed E-state index contributed by atoms with van der Waals surface area (Å²) in [5, 5.41) is 32.7. The number of carbonyl (C=O) groups excluding carboxylic acids is 2. The smallest absolute Gasteiger partial charge is 0.410 e. The highest BCUT2D eigenvalue weighted by molar-refractivity contribution is 5.82. The minimum atomic E-state index is -1.41. The molecular formula is C26H34N8O8. The number of nitrogen functional groups attached to an aromatic ring is 1. The van der Waals surface area contributed by atoms with Gasteiger partial charge in [0.1, 0.15) is 30.8 Å². The lowest BCUT2D eigenvalue weighted by Gasteiger charge is -2.31. The van der Waals surface area contributed by atoms with Crippen LogP contribution in [0.25, 0.3) is 11.2 Å². The normalized spacial score (nSPS) is 15.4. The van der Waals surface area contributed by atoms with E-state index >= 15 is 0 Å². The summed E-state index contributed by atoms with van der Waals surface area (Å²) in [7, 11) is 0. The molecule has 3 aromatic rings. The fourth-order valence-electron chi connectivity index (χ4n) is 4.62. The molecule has 2 atom stereocenters. The number of ether oxygens (including phenoxy) is 2. The first-order chi connectivity index (χ1) is 20.2. The number of nitrogens with two attached hydrogens (primary N) is 1. The Hall–Kier alpha value is -4.41. The molecule has 0 aliphatic carbocycles. The van der Waals surface area contributed by atoms with Crippen molar-refractivity contribution in [2.24, 2.45) is 5.92 Å². The van der Waals surface area contributed by atoms with Crippen molar-refractivity contribution in [3.05, 3.63) is 52.1 Å². The molecule has 1 aliphatic heterocycles. The molecule has 1 fully saturated rings. The Bertz CT molecular complexity index is 1390. The van der Waals surface area contributed by atoms with E-state index in [9.17, 15) is 29.9 Å². The number of carbonyl (C=O) groups is 2. The van der Waals surface area contributed by atoms with Gasteiger partial charge in [-0.05, 0) is 43.4 Å². The molecule has 3 heterocycles. The van der Waals surface area contributed by atoms with Gasteiger partial charge < -0.3 is 35.6 Å². The van der Waals surface area contributed by atoms with Crippen LogP contribution in [0.4, 0.5) is 16.3 Å². The van der Waals surface area contributed by atoms with Crippen LogP contribution in [-0.4, -0.2) is 90.0 Å². The van der Waals surface area contributed by atoms with Gasteiger partial charge in [0, 0.05) is 38.2 Å². The Kier molecular flexibility index (Phi) is 10.2. The summed E-state index contributed by atoms with van der Waals surface area (Å²) in [4.78, 5) is 50.0. The number of fused-ring (bicyclic) bond motifs is 1. The predicted molar refractivity (Wildman–Crippen MR) is 148 cm³/mol. The average molecular weight is 587 g/mol. The monoisotopic (exact) mass is 586 g/mol. The first kappa shape index (κ1) is 30.5. The van der Waals surface area contributed by atoms with Crippen LogP contribution in [0.1, 0.15) is 31.2 Å². The molecule has 0 spiro atoms. The van der Waals surface area contributed by atoms with Crippen molar-refractivity contribution in [1.29, 1.82) is 0 Å². The third-order valence-electron chi connectivity index (χ3n) is 6.93. The van der Waals surface area contributed by atoms with Crippen molar-refractivity contribution in [1.82, 2.24) is 29.7 Å². The molecule has 42 heavy (non-hydrogen) atoms. The number of nitrogens with zero attached hydrogens (tertiary/aromatic N) is 6. The highest BCUT2D eigenvalue weighted by Crippen LogP contribution is 2.24. The Balaban J connectivity index is 1.32. The van der Waals surface area contributed by atoms with Gasteiger partial charge in [-0.1, -0.05) is 0 Å². The molecule has 1 unspecified atom stereocenters. The van der Waals surface area contributed by atoms with Crippen LogP contribution in [-0.2, 0) is 34.0 Å². The van der Waals surface area contributed by atoms with Crippen molar-refractivity contribution in [3.8, 4) is 0 Å². The standard InChI is InChI=1S/C26H34N8O8/c1-2-28-25(37)22(19(36)12-35)42-15-33-14-29-21-23(27)30-20(31-24(21)33)11-16-7-9-32(10-8-16)26(38)41-13-17-3-5-18(6-4-17)34(39)40/h3-6,14,16,19,22,35-36H,2,7-13,15H2,1H3,(H,28,37)(H2,27,30,31)/t19?,22-/m0/s1. The van der Waals surface area contributed by atoms with Gasteiger partial charge in [0.25, 0.3) is 11.6 Å². The Morgan fingerprint density at radius 1 is 1.24 bits per heavy atom. The number of hydrogen-bond acceptors (Lipinski definition) is 12. The summed E-state index contributed by atoms with van der Waals surface area (Å²) in [6.07, 6.45) is 0.204. The van der Waals surface area contributed by atoms with Gasteiger partial charge in [0.2, 0.25) is 0 Å². The second-order valence-corrected chi connectivity index (χ2v) is 9.89. The van der Waals surface area contributed by atoms with Gasteiger partial charge in [-0.3, -0.25) is 19.5 Å². The van der Waals surface area contributed by atoms with Crippen LogP contribution >= 0.6 is 0 Å². The summed E-state index contributed by atoms with van der Waals surface area (Å²) in [6.45, 7) is 2.23. The third kappa shape index (κ3) is 7.45. The number of piperidine rings is 1. The van der Waals surface area contributed by atoms with Gasteiger partial charge in [-0.25, -0.2) is 19.7 Å². The number of aromatic nitrogens is 4. The summed E-state index contributed by atoms with van der Waals surface area (Å²) in [5.74, 6) is 0.322. The Morgan fingerprint density at radius 2 is 1.95 bits per heavy atom. The first-order valence-electron chi connectivity index (χ1n) is 13.5. The SMILES string of the molecule is CCNC(=O)[C@@H](OCn1cnc2c(N)nc(CC3CCN(C(=O)OCc4ccc([N+](=O)[O-])cc4)CC3)nc21)C(O)CO. The van der Waals surface area contributed by atoms with Crippen molar-refractivity contribution < 1.29 is 34.2 Å². The first-order valence-corrected chi connectivity index (χ1v) is 13.5. The van der Waals surface area contributed by atoms with E-state index in [2.05, 4.69) is 20.3 Å². The summed E-state index contributed by atoms with van der Waals surface area (Å²) >= 11 is 0. The summed E-state index contributed by atoms with van der Waals surface area (Å²) in [5.41, 5.74) is 7.54. The van der Waals surface area contributed by atoms with Gasteiger partial charge in [-0.15, -0.1) is 0 Å². The number of amides is 2. The predicted octanol–water partition coefficient (Wildman–Crippen LogP) is 0.740. The molecule has 0 radical (unpaired) electrons. The quantitative estimate of drug-likeness (QED) is 0.170. The minimum Gasteiger partial charge on any atom is -0.445 e. The zero-order valence-corrected chi connectivity index (χ0v) is 23.1. The van der Waals surface area contributed by atoms with E-state index in [0.717, 1.165) is 0 Å². The Labute approximate surface area is 240 Å². The van der Waals surface area contributed by atoms with E-state index < -0.39 is 35.7 Å². The summed E-state index contributed by atoms with van der Waals surface area (Å²) in [6, 6.07) is 5.84. The molecular weight excluding hydrogens is 552 g/mol. The van der Waals surface area contributed by atoms with Gasteiger partial charge in [-0.2, -0.15) is 0 Å². The molecule has 1 aliphatic rings. The van der Waals surface area contributed by atoms with E-state index in [0.29, 0.717) is 61.4 Å².